The number of nitrogens with zero attached hydrogens (tertiary/aromatic N) is 1. The Labute approximate surface area is 73.5 Å². The highest BCUT2D eigenvalue weighted by Gasteiger charge is 2.13. The fourth-order valence-electron chi connectivity index (χ4n) is 1.17. The number of aromatic amines is 1. The maximum absolute atomic E-state index is 10.6. The number of rotatable bonds is 2. The van der Waals surface area contributed by atoms with Crippen LogP contribution in [0.3, 0.4) is 0 Å². The third-order valence-corrected chi connectivity index (χ3v) is 1.76. The Morgan fingerprint density at radius 2 is 2.46 bits per heavy atom. The van der Waals surface area contributed by atoms with Crippen LogP contribution in [0, 0.1) is 0 Å². The van der Waals surface area contributed by atoms with Crippen molar-refractivity contribution in [2.75, 3.05) is 5.73 Å². The van der Waals surface area contributed by atoms with Gasteiger partial charge < -0.3 is 10.2 Å². The van der Waals surface area contributed by atoms with Crippen LogP contribution in [0.1, 0.15) is 10.4 Å². The van der Waals surface area contributed by atoms with Crippen molar-refractivity contribution in [2.45, 2.75) is 0 Å². The van der Waals surface area contributed by atoms with Crippen molar-refractivity contribution >= 4 is 12.2 Å². The molecule has 2 rings (SSSR count). The number of carbonyl (C=O) groups is 1. The number of hydrogen-bond donors (Lipinski definition) is 2. The molecule has 0 aliphatic heterocycles. The highest BCUT2D eigenvalue weighted by molar-refractivity contribution is 5.91. The van der Waals surface area contributed by atoms with Crippen LogP contribution in [0.2, 0.25) is 0 Å². The third kappa shape index (κ3) is 1.10. The van der Waals surface area contributed by atoms with Gasteiger partial charge in [-0.05, 0) is 0 Å². The van der Waals surface area contributed by atoms with Crippen LogP contribution in [0.4, 0.5) is 5.88 Å². The molecule has 2 heterocycles. The second-order valence-corrected chi connectivity index (χ2v) is 2.54. The number of carbonyl (C=O) groups excluding carboxylic acids is 1. The Morgan fingerprint density at radius 1 is 1.62 bits per heavy atom. The molecule has 0 amide bonds. The number of nitrogen functional groups attached to an aromatic ring is 1. The van der Waals surface area contributed by atoms with E-state index in [4.69, 9.17) is 10.2 Å². The SMILES string of the molecule is Nc1occ(C=O)c1-c1cn[nH]c1. The molecule has 0 aliphatic rings. The van der Waals surface area contributed by atoms with Crippen LogP contribution in [0.25, 0.3) is 11.1 Å². The standard InChI is InChI=1S/C8H7N3O2/c9-8-7(5-1-10-11-2-5)6(3-12)4-13-8/h1-4H,9H2,(H,10,11). The monoisotopic (exact) mass is 177 g/mol. The van der Waals surface area contributed by atoms with Crippen LogP contribution in [0.15, 0.2) is 23.1 Å². The first kappa shape index (κ1) is 7.60. The van der Waals surface area contributed by atoms with E-state index >= 15 is 0 Å². The van der Waals surface area contributed by atoms with E-state index in [2.05, 4.69) is 10.2 Å². The van der Waals surface area contributed by atoms with Gasteiger partial charge in [0, 0.05) is 11.8 Å². The first-order valence-corrected chi connectivity index (χ1v) is 3.64. The topological polar surface area (TPSA) is 84.9 Å². The maximum Gasteiger partial charge on any atom is 0.198 e. The zero-order valence-electron chi connectivity index (χ0n) is 6.65. The number of H-pyrrole nitrogens is 1. The summed E-state index contributed by atoms with van der Waals surface area (Å²) in [5.41, 5.74) is 7.30. The maximum atomic E-state index is 10.6. The summed E-state index contributed by atoms with van der Waals surface area (Å²) >= 11 is 0. The second-order valence-electron chi connectivity index (χ2n) is 2.54. The molecule has 3 N–H and O–H groups in total. The predicted octanol–water partition coefficient (Wildman–Crippen LogP) is 1.06. The molecule has 0 atom stereocenters. The third-order valence-electron chi connectivity index (χ3n) is 1.76. The second kappa shape index (κ2) is 2.78. The quantitative estimate of drug-likeness (QED) is 0.671. The largest absolute Gasteiger partial charge is 0.448 e. The van der Waals surface area contributed by atoms with Gasteiger partial charge in [-0.25, -0.2) is 0 Å². The van der Waals surface area contributed by atoms with Crippen LogP contribution >= 0.6 is 0 Å². The molecule has 0 spiro atoms. The number of hydrogen-bond acceptors (Lipinski definition) is 4. The normalized spacial score (nSPS) is 10.2. The van der Waals surface area contributed by atoms with Crippen molar-refractivity contribution in [1.29, 1.82) is 0 Å². The molecule has 2 aromatic rings. The Kier molecular flexibility index (Phi) is 1.63. The molecule has 0 bridgehead atoms. The molecule has 5 nitrogen and oxygen atoms in total. The lowest BCUT2D eigenvalue weighted by Crippen LogP contribution is -1.86. The zero-order valence-corrected chi connectivity index (χ0v) is 6.65. The average Bonchev–Trinajstić information content (AvgIpc) is 2.72. The summed E-state index contributed by atoms with van der Waals surface area (Å²) < 4.78 is 4.92. The summed E-state index contributed by atoms with van der Waals surface area (Å²) in [5, 5.41) is 6.39. The van der Waals surface area contributed by atoms with Gasteiger partial charge in [0.1, 0.15) is 6.26 Å². The van der Waals surface area contributed by atoms with E-state index in [1.807, 2.05) is 0 Å². The molecule has 5 heteroatoms. The molecular formula is C8H7N3O2. The molecular weight excluding hydrogens is 170 g/mol. The van der Waals surface area contributed by atoms with Gasteiger partial charge in [0.2, 0.25) is 0 Å². The lowest BCUT2D eigenvalue weighted by Gasteiger charge is -1.92. The Hall–Kier alpha value is -2.04. The lowest BCUT2D eigenvalue weighted by molar-refractivity contribution is 0.112. The van der Waals surface area contributed by atoms with Crippen LogP contribution in [-0.4, -0.2) is 16.5 Å². The van der Waals surface area contributed by atoms with Crippen molar-refractivity contribution in [3.8, 4) is 11.1 Å². The van der Waals surface area contributed by atoms with Gasteiger partial charge in [0.05, 0.1) is 17.3 Å². The van der Waals surface area contributed by atoms with Crippen molar-refractivity contribution in [3.05, 3.63) is 24.2 Å². The van der Waals surface area contributed by atoms with Crippen LogP contribution in [-0.2, 0) is 0 Å². The smallest absolute Gasteiger partial charge is 0.198 e. The summed E-state index contributed by atoms with van der Waals surface area (Å²) in [5.74, 6) is 0.225. The van der Waals surface area contributed by atoms with Crippen molar-refractivity contribution < 1.29 is 9.21 Å². The fraction of sp³-hybridized carbons (Fsp3) is 0. The van der Waals surface area contributed by atoms with Gasteiger partial charge in [-0.3, -0.25) is 9.89 Å². The lowest BCUT2D eigenvalue weighted by atomic mass is 10.1. The highest BCUT2D eigenvalue weighted by Crippen LogP contribution is 2.29. The van der Waals surface area contributed by atoms with E-state index in [0.29, 0.717) is 17.4 Å². The number of aromatic nitrogens is 2. The van der Waals surface area contributed by atoms with Crippen molar-refractivity contribution in [3.63, 3.8) is 0 Å². The Morgan fingerprint density at radius 3 is 3.08 bits per heavy atom. The first-order chi connectivity index (χ1) is 6.33. The molecule has 0 aromatic carbocycles. The summed E-state index contributed by atoms with van der Waals surface area (Å²) in [6, 6.07) is 0. The predicted molar refractivity (Wildman–Crippen MR) is 46.1 cm³/mol. The van der Waals surface area contributed by atoms with E-state index in [-0.39, 0.29) is 5.88 Å². The van der Waals surface area contributed by atoms with Gasteiger partial charge in [0.25, 0.3) is 0 Å². The van der Waals surface area contributed by atoms with E-state index in [1.165, 1.54) is 6.26 Å². The minimum atomic E-state index is 0.225. The fourth-order valence-corrected chi connectivity index (χ4v) is 1.17. The van der Waals surface area contributed by atoms with E-state index in [9.17, 15) is 4.79 Å². The van der Waals surface area contributed by atoms with Gasteiger partial charge in [-0.1, -0.05) is 0 Å². The molecule has 0 saturated heterocycles. The van der Waals surface area contributed by atoms with Crippen LogP contribution < -0.4 is 5.73 Å². The Bertz CT molecular complexity index is 417. The average molecular weight is 177 g/mol. The molecule has 66 valence electrons. The van der Waals surface area contributed by atoms with E-state index in [1.54, 1.807) is 12.4 Å². The zero-order chi connectivity index (χ0) is 9.26. The minimum Gasteiger partial charge on any atom is -0.448 e. The molecule has 13 heavy (non-hydrogen) atoms. The first-order valence-electron chi connectivity index (χ1n) is 3.64. The molecule has 2 aromatic heterocycles. The van der Waals surface area contributed by atoms with Crippen molar-refractivity contribution in [1.82, 2.24) is 10.2 Å². The Balaban J connectivity index is 2.62. The molecule has 0 fully saturated rings. The van der Waals surface area contributed by atoms with Gasteiger partial charge >= 0.3 is 0 Å². The molecule has 0 unspecified atom stereocenters. The molecule has 0 aliphatic carbocycles. The molecule has 0 radical (unpaired) electrons. The summed E-state index contributed by atoms with van der Waals surface area (Å²) in [6.07, 6.45) is 5.25. The van der Waals surface area contributed by atoms with Crippen LogP contribution in [0.5, 0.6) is 0 Å². The number of anilines is 1. The number of nitrogens with two attached hydrogens (primary N) is 1. The highest BCUT2D eigenvalue weighted by atomic mass is 16.3. The summed E-state index contributed by atoms with van der Waals surface area (Å²) in [7, 11) is 0. The number of aldehydes is 1. The summed E-state index contributed by atoms with van der Waals surface area (Å²) in [6.45, 7) is 0. The molecule has 0 saturated carbocycles. The van der Waals surface area contributed by atoms with Gasteiger partial charge in [-0.2, -0.15) is 5.10 Å². The van der Waals surface area contributed by atoms with Gasteiger partial charge in [-0.15, -0.1) is 0 Å². The van der Waals surface area contributed by atoms with E-state index in [0.717, 1.165) is 5.56 Å². The number of nitrogens with one attached hydrogen (secondary N) is 1. The van der Waals surface area contributed by atoms with E-state index < -0.39 is 0 Å². The summed E-state index contributed by atoms with van der Waals surface area (Å²) in [4.78, 5) is 10.6. The van der Waals surface area contributed by atoms with Crippen molar-refractivity contribution in [2.24, 2.45) is 0 Å². The number of furan rings is 1. The minimum absolute atomic E-state index is 0.225. The van der Waals surface area contributed by atoms with Gasteiger partial charge in [0.15, 0.2) is 12.2 Å².